The predicted octanol–water partition coefficient (Wildman–Crippen LogP) is 4.11. The Labute approximate surface area is 115 Å². The molecule has 4 heteroatoms. The fourth-order valence-electron chi connectivity index (χ4n) is 1.94. The smallest absolute Gasteiger partial charge is 0.134 e. The van der Waals surface area contributed by atoms with E-state index in [1.165, 1.54) is 37.1 Å². The van der Waals surface area contributed by atoms with Gasteiger partial charge < -0.3 is 5.32 Å². The zero-order valence-electron chi connectivity index (χ0n) is 12.0. The first-order chi connectivity index (χ1) is 8.81. The molecule has 0 saturated carbocycles. The van der Waals surface area contributed by atoms with Crippen molar-refractivity contribution < 1.29 is 0 Å². The summed E-state index contributed by atoms with van der Waals surface area (Å²) in [7, 11) is 0. The Bertz CT molecular complexity index is 312. The molecule has 1 atom stereocenters. The molecule has 1 rings (SSSR count). The van der Waals surface area contributed by atoms with Gasteiger partial charge in [0.15, 0.2) is 0 Å². The fraction of sp³-hybridized carbons (Fsp3) is 0.857. The molecule has 0 aliphatic carbocycles. The standard InChI is InChI=1S/C14H27N3S/c1-4-7-8-9-10-13-16-17-14(18-13)12(6-3)15-11-5-2/h12,15H,4-11H2,1-3H3. The highest BCUT2D eigenvalue weighted by Gasteiger charge is 2.13. The van der Waals surface area contributed by atoms with Gasteiger partial charge in [0.2, 0.25) is 0 Å². The summed E-state index contributed by atoms with van der Waals surface area (Å²) in [5, 5.41) is 14.6. The lowest BCUT2D eigenvalue weighted by atomic mass is 10.2. The molecule has 0 aliphatic rings. The van der Waals surface area contributed by atoms with Crippen molar-refractivity contribution in [3.63, 3.8) is 0 Å². The van der Waals surface area contributed by atoms with E-state index in [2.05, 4.69) is 36.3 Å². The van der Waals surface area contributed by atoms with E-state index in [1.54, 1.807) is 11.3 Å². The van der Waals surface area contributed by atoms with Crippen LogP contribution in [-0.4, -0.2) is 16.7 Å². The van der Waals surface area contributed by atoms with E-state index in [9.17, 15) is 0 Å². The highest BCUT2D eigenvalue weighted by molar-refractivity contribution is 7.11. The second-order valence-electron chi connectivity index (χ2n) is 4.76. The monoisotopic (exact) mass is 269 g/mol. The SMILES string of the molecule is CCCCCCc1nnc(C(CC)NCCC)s1. The summed E-state index contributed by atoms with van der Waals surface area (Å²) in [6.07, 6.45) is 8.55. The quantitative estimate of drug-likeness (QED) is 0.649. The number of rotatable bonds is 10. The zero-order valence-corrected chi connectivity index (χ0v) is 12.9. The molecule has 0 aromatic carbocycles. The molecule has 0 aliphatic heterocycles. The molecule has 1 heterocycles. The molecule has 3 nitrogen and oxygen atoms in total. The van der Waals surface area contributed by atoms with Gasteiger partial charge in [0.05, 0.1) is 6.04 Å². The predicted molar refractivity (Wildman–Crippen MR) is 79.1 cm³/mol. The third-order valence-corrected chi connectivity index (χ3v) is 4.17. The Morgan fingerprint density at radius 1 is 1.06 bits per heavy atom. The zero-order chi connectivity index (χ0) is 13.2. The minimum Gasteiger partial charge on any atom is -0.308 e. The molecule has 0 bridgehead atoms. The van der Waals surface area contributed by atoms with Crippen LogP contribution < -0.4 is 5.32 Å². The molecular formula is C14H27N3S. The number of unbranched alkanes of at least 4 members (excludes halogenated alkanes) is 3. The lowest BCUT2D eigenvalue weighted by Gasteiger charge is -2.12. The van der Waals surface area contributed by atoms with E-state index >= 15 is 0 Å². The van der Waals surface area contributed by atoms with E-state index in [0.717, 1.165) is 24.4 Å². The van der Waals surface area contributed by atoms with Gasteiger partial charge in [-0.05, 0) is 25.8 Å². The van der Waals surface area contributed by atoms with Crippen molar-refractivity contribution in [3.8, 4) is 0 Å². The summed E-state index contributed by atoms with van der Waals surface area (Å²) >= 11 is 1.79. The number of aromatic nitrogens is 2. The molecule has 18 heavy (non-hydrogen) atoms. The van der Waals surface area contributed by atoms with Gasteiger partial charge in [-0.3, -0.25) is 0 Å². The van der Waals surface area contributed by atoms with Gasteiger partial charge in [0.1, 0.15) is 10.0 Å². The van der Waals surface area contributed by atoms with Gasteiger partial charge in [-0.2, -0.15) is 0 Å². The van der Waals surface area contributed by atoms with Gasteiger partial charge in [-0.25, -0.2) is 0 Å². The summed E-state index contributed by atoms with van der Waals surface area (Å²) in [6.45, 7) is 7.70. The lowest BCUT2D eigenvalue weighted by molar-refractivity contribution is 0.512. The van der Waals surface area contributed by atoms with Crippen molar-refractivity contribution in [2.75, 3.05) is 6.54 Å². The van der Waals surface area contributed by atoms with E-state index < -0.39 is 0 Å². The molecule has 1 aromatic rings. The van der Waals surface area contributed by atoms with Crippen molar-refractivity contribution >= 4 is 11.3 Å². The maximum atomic E-state index is 4.35. The normalized spacial score (nSPS) is 12.8. The number of hydrogen-bond acceptors (Lipinski definition) is 4. The Balaban J connectivity index is 2.40. The maximum absolute atomic E-state index is 4.35. The Morgan fingerprint density at radius 3 is 2.56 bits per heavy atom. The van der Waals surface area contributed by atoms with Crippen LogP contribution in [0.2, 0.25) is 0 Å². The number of nitrogens with one attached hydrogen (secondary N) is 1. The molecule has 1 unspecified atom stereocenters. The van der Waals surface area contributed by atoms with Crippen LogP contribution in [0.4, 0.5) is 0 Å². The minimum absolute atomic E-state index is 0.395. The van der Waals surface area contributed by atoms with Crippen LogP contribution in [0.15, 0.2) is 0 Å². The van der Waals surface area contributed by atoms with Crippen LogP contribution in [0.3, 0.4) is 0 Å². The average Bonchev–Trinajstić information content (AvgIpc) is 2.84. The van der Waals surface area contributed by atoms with Gasteiger partial charge in [0, 0.05) is 6.42 Å². The maximum Gasteiger partial charge on any atom is 0.134 e. The topological polar surface area (TPSA) is 37.8 Å². The third-order valence-electron chi connectivity index (χ3n) is 3.07. The minimum atomic E-state index is 0.395. The van der Waals surface area contributed by atoms with Gasteiger partial charge in [0.25, 0.3) is 0 Å². The lowest BCUT2D eigenvalue weighted by Crippen LogP contribution is -2.21. The van der Waals surface area contributed by atoms with Gasteiger partial charge in [-0.1, -0.05) is 51.4 Å². The molecule has 0 fully saturated rings. The van der Waals surface area contributed by atoms with E-state index in [4.69, 9.17) is 0 Å². The molecule has 0 spiro atoms. The highest BCUT2D eigenvalue weighted by atomic mass is 32.1. The second-order valence-corrected chi connectivity index (χ2v) is 5.85. The molecule has 0 amide bonds. The largest absolute Gasteiger partial charge is 0.308 e. The van der Waals surface area contributed by atoms with Crippen molar-refractivity contribution in [3.05, 3.63) is 10.0 Å². The molecule has 1 aromatic heterocycles. The first-order valence-corrected chi connectivity index (χ1v) is 8.19. The summed E-state index contributed by atoms with van der Waals surface area (Å²) in [4.78, 5) is 0. The summed E-state index contributed by atoms with van der Waals surface area (Å²) in [6, 6.07) is 0.395. The van der Waals surface area contributed by atoms with Crippen LogP contribution in [0, 0.1) is 0 Å². The Kier molecular flexibility index (Phi) is 8.18. The first kappa shape index (κ1) is 15.6. The van der Waals surface area contributed by atoms with Crippen molar-refractivity contribution in [2.24, 2.45) is 0 Å². The van der Waals surface area contributed by atoms with Gasteiger partial charge in [-0.15, -0.1) is 10.2 Å². The fourth-order valence-corrected chi connectivity index (χ4v) is 2.98. The summed E-state index contributed by atoms with van der Waals surface area (Å²) in [5.74, 6) is 0. The van der Waals surface area contributed by atoms with Crippen LogP contribution >= 0.6 is 11.3 Å². The number of hydrogen-bond donors (Lipinski definition) is 1. The molecule has 0 saturated heterocycles. The van der Waals surface area contributed by atoms with Crippen molar-refractivity contribution in [1.82, 2.24) is 15.5 Å². The highest BCUT2D eigenvalue weighted by Crippen LogP contribution is 2.22. The van der Waals surface area contributed by atoms with Crippen molar-refractivity contribution in [2.45, 2.75) is 71.8 Å². The van der Waals surface area contributed by atoms with Crippen LogP contribution in [0.1, 0.15) is 75.4 Å². The number of nitrogens with zero attached hydrogens (tertiary/aromatic N) is 2. The first-order valence-electron chi connectivity index (χ1n) is 7.37. The Hall–Kier alpha value is -0.480. The van der Waals surface area contributed by atoms with Crippen LogP contribution in [0.25, 0.3) is 0 Å². The Morgan fingerprint density at radius 2 is 1.89 bits per heavy atom. The second kappa shape index (κ2) is 9.45. The molecule has 1 N–H and O–H groups in total. The van der Waals surface area contributed by atoms with E-state index in [1.807, 2.05) is 0 Å². The van der Waals surface area contributed by atoms with Crippen LogP contribution in [-0.2, 0) is 6.42 Å². The number of aryl methyl sites for hydroxylation is 1. The van der Waals surface area contributed by atoms with Crippen molar-refractivity contribution in [1.29, 1.82) is 0 Å². The summed E-state index contributed by atoms with van der Waals surface area (Å²) < 4.78 is 0. The van der Waals surface area contributed by atoms with Crippen LogP contribution in [0.5, 0.6) is 0 Å². The molecular weight excluding hydrogens is 242 g/mol. The average molecular weight is 269 g/mol. The van der Waals surface area contributed by atoms with E-state index in [-0.39, 0.29) is 0 Å². The van der Waals surface area contributed by atoms with Gasteiger partial charge >= 0.3 is 0 Å². The third kappa shape index (κ3) is 5.44. The molecule has 0 radical (unpaired) electrons. The molecule has 104 valence electrons. The van der Waals surface area contributed by atoms with E-state index in [0.29, 0.717) is 6.04 Å². The summed E-state index contributed by atoms with van der Waals surface area (Å²) in [5.41, 5.74) is 0.